The molecule has 0 aliphatic heterocycles. The summed E-state index contributed by atoms with van der Waals surface area (Å²) in [6.45, 7) is 3.33. The minimum absolute atomic E-state index is 0.176. The Morgan fingerprint density at radius 2 is 2.10 bits per heavy atom. The van der Waals surface area contributed by atoms with Crippen LogP contribution in [0.5, 0.6) is 0 Å². The standard InChI is InChI=1S/C16H26N2O2S/c1-3-12-4-6-13(7-5-12)10-17-16-18-14(11-21-16)8-9-15(19)20-2/h11-13H,3-10H2,1-2H3,(H,17,18). The third kappa shape index (κ3) is 5.30. The molecule has 5 heteroatoms. The second kappa shape index (κ2) is 8.37. The summed E-state index contributed by atoms with van der Waals surface area (Å²) >= 11 is 1.63. The molecule has 1 aliphatic carbocycles. The Kier molecular flexibility index (Phi) is 6.49. The second-order valence-electron chi connectivity index (χ2n) is 5.90. The quantitative estimate of drug-likeness (QED) is 0.777. The lowest BCUT2D eigenvalue weighted by Gasteiger charge is -2.27. The lowest BCUT2D eigenvalue weighted by Crippen LogP contribution is -2.20. The van der Waals surface area contributed by atoms with Crippen LogP contribution in [0.25, 0.3) is 0 Å². The predicted molar refractivity (Wildman–Crippen MR) is 86.7 cm³/mol. The van der Waals surface area contributed by atoms with E-state index >= 15 is 0 Å². The van der Waals surface area contributed by atoms with Crippen LogP contribution in [-0.4, -0.2) is 24.6 Å². The zero-order valence-corrected chi connectivity index (χ0v) is 13.9. The van der Waals surface area contributed by atoms with Crippen molar-refractivity contribution in [3.05, 3.63) is 11.1 Å². The van der Waals surface area contributed by atoms with Crippen molar-refractivity contribution in [3.8, 4) is 0 Å². The maximum absolute atomic E-state index is 11.1. The summed E-state index contributed by atoms with van der Waals surface area (Å²) in [4.78, 5) is 15.6. The molecule has 0 unspecified atom stereocenters. The Balaban J connectivity index is 1.69. The molecule has 0 aromatic carbocycles. The Bertz CT molecular complexity index is 439. The van der Waals surface area contributed by atoms with Crippen LogP contribution >= 0.6 is 11.3 Å². The van der Waals surface area contributed by atoms with Crippen LogP contribution in [0.2, 0.25) is 0 Å². The molecule has 4 nitrogen and oxygen atoms in total. The van der Waals surface area contributed by atoms with E-state index in [0.29, 0.717) is 12.8 Å². The maximum Gasteiger partial charge on any atom is 0.305 e. The summed E-state index contributed by atoms with van der Waals surface area (Å²) < 4.78 is 4.64. The molecule has 1 fully saturated rings. The summed E-state index contributed by atoms with van der Waals surface area (Å²) in [6.07, 6.45) is 7.83. The molecule has 0 radical (unpaired) electrons. The number of anilines is 1. The number of carbonyl (C=O) groups excluding carboxylic acids is 1. The van der Waals surface area contributed by atoms with Gasteiger partial charge in [-0.15, -0.1) is 11.3 Å². The zero-order chi connectivity index (χ0) is 15.1. The van der Waals surface area contributed by atoms with Crippen LogP contribution in [0.3, 0.4) is 0 Å². The summed E-state index contributed by atoms with van der Waals surface area (Å²) in [5.74, 6) is 1.56. The van der Waals surface area contributed by atoms with E-state index in [0.717, 1.165) is 29.2 Å². The zero-order valence-electron chi connectivity index (χ0n) is 13.1. The van der Waals surface area contributed by atoms with Gasteiger partial charge in [-0.05, 0) is 24.7 Å². The number of hydrogen-bond acceptors (Lipinski definition) is 5. The molecule has 0 saturated heterocycles. The van der Waals surface area contributed by atoms with Gasteiger partial charge in [-0.3, -0.25) is 4.79 Å². The van der Waals surface area contributed by atoms with Crippen molar-refractivity contribution in [3.63, 3.8) is 0 Å². The molecule has 1 aliphatic rings. The van der Waals surface area contributed by atoms with Crippen molar-refractivity contribution in [1.29, 1.82) is 0 Å². The average molecular weight is 310 g/mol. The van der Waals surface area contributed by atoms with Gasteiger partial charge in [0.05, 0.1) is 19.2 Å². The van der Waals surface area contributed by atoms with Gasteiger partial charge in [-0.1, -0.05) is 26.2 Å². The minimum atomic E-state index is -0.176. The van der Waals surface area contributed by atoms with E-state index in [-0.39, 0.29) is 5.97 Å². The number of esters is 1. The molecule has 1 saturated carbocycles. The highest BCUT2D eigenvalue weighted by atomic mass is 32.1. The summed E-state index contributed by atoms with van der Waals surface area (Å²) in [5.41, 5.74) is 0.975. The number of methoxy groups -OCH3 is 1. The van der Waals surface area contributed by atoms with Gasteiger partial charge in [0.15, 0.2) is 5.13 Å². The summed E-state index contributed by atoms with van der Waals surface area (Å²) in [7, 11) is 1.42. The normalized spacial score (nSPS) is 22.0. The fraction of sp³-hybridized carbons (Fsp3) is 0.750. The van der Waals surface area contributed by atoms with Crippen molar-refractivity contribution < 1.29 is 9.53 Å². The molecule has 118 valence electrons. The number of aryl methyl sites for hydroxylation is 1. The lowest BCUT2D eigenvalue weighted by molar-refractivity contribution is -0.140. The molecule has 1 aromatic rings. The van der Waals surface area contributed by atoms with Gasteiger partial charge in [0.2, 0.25) is 0 Å². The number of thiazole rings is 1. The van der Waals surface area contributed by atoms with Crippen LogP contribution in [0.15, 0.2) is 5.38 Å². The first-order valence-electron chi connectivity index (χ1n) is 7.96. The van der Waals surface area contributed by atoms with Gasteiger partial charge in [0.25, 0.3) is 0 Å². The number of ether oxygens (including phenoxy) is 1. The Morgan fingerprint density at radius 1 is 1.38 bits per heavy atom. The molecule has 1 aromatic heterocycles. The van der Waals surface area contributed by atoms with Crippen molar-refractivity contribution in [2.24, 2.45) is 11.8 Å². The highest BCUT2D eigenvalue weighted by Crippen LogP contribution is 2.30. The monoisotopic (exact) mass is 310 g/mol. The van der Waals surface area contributed by atoms with E-state index in [4.69, 9.17) is 0 Å². The van der Waals surface area contributed by atoms with Gasteiger partial charge in [0, 0.05) is 18.3 Å². The second-order valence-corrected chi connectivity index (χ2v) is 6.75. The average Bonchev–Trinajstić information content (AvgIpc) is 2.99. The topological polar surface area (TPSA) is 51.2 Å². The number of rotatable bonds is 7. The number of hydrogen-bond donors (Lipinski definition) is 1. The molecule has 2 rings (SSSR count). The third-order valence-electron chi connectivity index (χ3n) is 4.45. The van der Waals surface area contributed by atoms with E-state index in [2.05, 4.69) is 22.0 Å². The van der Waals surface area contributed by atoms with Crippen molar-refractivity contribution in [2.45, 2.75) is 51.9 Å². The van der Waals surface area contributed by atoms with Crippen LogP contribution in [0.1, 0.15) is 51.1 Å². The van der Waals surface area contributed by atoms with Crippen molar-refractivity contribution in [2.75, 3.05) is 19.0 Å². The molecule has 0 amide bonds. The summed E-state index contributed by atoms with van der Waals surface area (Å²) in [5, 5.41) is 6.47. The Labute approximate surface area is 131 Å². The van der Waals surface area contributed by atoms with E-state index < -0.39 is 0 Å². The first-order valence-corrected chi connectivity index (χ1v) is 8.84. The fourth-order valence-electron chi connectivity index (χ4n) is 2.91. The smallest absolute Gasteiger partial charge is 0.305 e. The summed E-state index contributed by atoms with van der Waals surface area (Å²) in [6, 6.07) is 0. The number of aromatic nitrogens is 1. The van der Waals surface area contributed by atoms with Crippen LogP contribution in [0.4, 0.5) is 5.13 Å². The van der Waals surface area contributed by atoms with Crippen molar-refractivity contribution in [1.82, 2.24) is 4.98 Å². The SMILES string of the molecule is CCC1CCC(CNc2nc(CCC(=O)OC)cs2)CC1. The molecular weight excluding hydrogens is 284 g/mol. The largest absolute Gasteiger partial charge is 0.469 e. The highest BCUT2D eigenvalue weighted by molar-refractivity contribution is 7.13. The van der Waals surface area contributed by atoms with E-state index in [1.165, 1.54) is 39.2 Å². The number of nitrogens with one attached hydrogen (secondary N) is 1. The van der Waals surface area contributed by atoms with Gasteiger partial charge in [-0.25, -0.2) is 4.98 Å². The lowest BCUT2D eigenvalue weighted by atomic mass is 9.81. The van der Waals surface area contributed by atoms with Gasteiger partial charge in [0.1, 0.15) is 0 Å². The van der Waals surface area contributed by atoms with E-state index in [9.17, 15) is 4.79 Å². The molecule has 1 N–H and O–H groups in total. The predicted octanol–water partition coefficient (Wildman–Crippen LogP) is 3.88. The van der Waals surface area contributed by atoms with Gasteiger partial charge >= 0.3 is 5.97 Å². The third-order valence-corrected chi connectivity index (χ3v) is 5.30. The van der Waals surface area contributed by atoms with E-state index in [1.54, 1.807) is 11.3 Å². The molecular formula is C16H26N2O2S. The maximum atomic E-state index is 11.1. The molecule has 0 spiro atoms. The van der Waals surface area contributed by atoms with Crippen LogP contribution in [0, 0.1) is 11.8 Å². The molecule has 1 heterocycles. The molecule has 0 atom stereocenters. The first-order chi connectivity index (χ1) is 10.2. The first kappa shape index (κ1) is 16.3. The number of nitrogens with zero attached hydrogens (tertiary/aromatic N) is 1. The van der Waals surface area contributed by atoms with Gasteiger partial charge < -0.3 is 10.1 Å². The van der Waals surface area contributed by atoms with Crippen molar-refractivity contribution >= 4 is 22.4 Å². The number of carbonyl (C=O) groups is 1. The van der Waals surface area contributed by atoms with Gasteiger partial charge in [-0.2, -0.15) is 0 Å². The van der Waals surface area contributed by atoms with Crippen LogP contribution in [-0.2, 0) is 16.0 Å². The minimum Gasteiger partial charge on any atom is -0.469 e. The fourth-order valence-corrected chi connectivity index (χ4v) is 3.67. The molecule has 21 heavy (non-hydrogen) atoms. The molecule has 0 bridgehead atoms. The Hall–Kier alpha value is -1.10. The van der Waals surface area contributed by atoms with E-state index in [1.807, 2.05) is 5.38 Å². The van der Waals surface area contributed by atoms with Crippen LogP contribution < -0.4 is 5.32 Å². The Morgan fingerprint density at radius 3 is 2.76 bits per heavy atom. The highest BCUT2D eigenvalue weighted by Gasteiger charge is 2.19.